The Balaban J connectivity index is 2.87. The van der Waals surface area contributed by atoms with Crippen molar-refractivity contribution < 1.29 is 33.2 Å². The molecule has 0 saturated carbocycles. The van der Waals surface area contributed by atoms with Crippen LogP contribution >= 0.6 is 7.60 Å². The van der Waals surface area contributed by atoms with Gasteiger partial charge in [-0.05, 0) is 20.3 Å². The maximum absolute atomic E-state index is 12.6. The van der Waals surface area contributed by atoms with Crippen LogP contribution in [0.25, 0.3) is 0 Å². The lowest BCUT2D eigenvalue weighted by Gasteiger charge is -2.32. The third kappa shape index (κ3) is 4.19. The molecule has 1 rings (SSSR count). The normalized spacial score (nSPS) is 29.7. The van der Waals surface area contributed by atoms with Crippen molar-refractivity contribution in [1.82, 2.24) is 0 Å². The molecule has 9 heteroatoms. The summed E-state index contributed by atoms with van der Waals surface area (Å²) in [7, 11) is -4.19. The molecular formula is C14H28N2O6P+. The van der Waals surface area contributed by atoms with Crippen LogP contribution in [0.5, 0.6) is 0 Å². The third-order valence-corrected chi connectivity index (χ3v) is 6.26. The van der Waals surface area contributed by atoms with Gasteiger partial charge in [0.2, 0.25) is 0 Å². The van der Waals surface area contributed by atoms with Gasteiger partial charge in [-0.1, -0.05) is 19.8 Å². The first-order valence-corrected chi connectivity index (χ1v) is 9.66. The van der Waals surface area contributed by atoms with Gasteiger partial charge < -0.3 is 15.7 Å². The lowest BCUT2D eigenvalue weighted by Crippen LogP contribution is -2.61. The van der Waals surface area contributed by atoms with Crippen molar-refractivity contribution in [2.75, 3.05) is 6.54 Å². The highest BCUT2D eigenvalue weighted by Crippen LogP contribution is 2.48. The second-order valence-electron chi connectivity index (χ2n) is 6.23. The number of carbonyl (C=O) groups excluding carboxylic acids is 1. The van der Waals surface area contributed by atoms with Crippen molar-refractivity contribution in [2.24, 2.45) is 5.73 Å². The molecule has 23 heavy (non-hydrogen) atoms. The van der Waals surface area contributed by atoms with E-state index < -0.39 is 42.0 Å². The first-order chi connectivity index (χ1) is 10.6. The van der Waals surface area contributed by atoms with E-state index in [0.29, 0.717) is 25.7 Å². The number of quaternary nitrogens is 1. The van der Waals surface area contributed by atoms with E-state index in [0.717, 1.165) is 6.42 Å². The smallest absolute Gasteiger partial charge is 0.435 e. The Hall–Kier alpha value is -0.790. The largest absolute Gasteiger partial charge is 0.521 e. The van der Waals surface area contributed by atoms with E-state index in [2.05, 4.69) is 0 Å². The van der Waals surface area contributed by atoms with Crippen LogP contribution in [-0.4, -0.2) is 51.0 Å². The molecule has 4 N–H and O–H groups in total. The van der Waals surface area contributed by atoms with Gasteiger partial charge in [-0.3, -0.25) is 9.09 Å². The van der Waals surface area contributed by atoms with E-state index in [-0.39, 0.29) is 6.54 Å². The number of carboxylic acid groups (broad SMARTS) is 1. The standard InChI is InChI=1S/C14H27N2O6P/c1-4-5-8-12(15)23(20,21)22-11(3)13(17)16(14(18)19)9-6-7-10(16)2/h10-12H,4-9,15H2,1-3H3,(H-,18,19,20,21)/p+1/t10?,11?,12?,16-/m0/s1. The molecule has 8 nitrogen and oxygen atoms in total. The fraction of sp³-hybridized carbons (Fsp3) is 0.857. The maximum atomic E-state index is 12.6. The zero-order valence-electron chi connectivity index (χ0n) is 14.0. The Bertz CT molecular complexity index is 500. The minimum atomic E-state index is -4.19. The Labute approximate surface area is 136 Å². The highest BCUT2D eigenvalue weighted by atomic mass is 31.2. The molecule has 0 radical (unpaired) electrons. The van der Waals surface area contributed by atoms with Crippen LogP contribution in [0.4, 0.5) is 4.79 Å². The molecule has 4 unspecified atom stereocenters. The molecule has 1 saturated heterocycles. The molecule has 0 aromatic carbocycles. The molecule has 1 aliphatic rings. The number of hydrogen-bond donors (Lipinski definition) is 3. The summed E-state index contributed by atoms with van der Waals surface area (Å²) in [4.78, 5) is 34.2. The summed E-state index contributed by atoms with van der Waals surface area (Å²) in [5.41, 5.74) is 5.69. The first kappa shape index (κ1) is 20.3. The van der Waals surface area contributed by atoms with Gasteiger partial charge in [0.25, 0.3) is 0 Å². The summed E-state index contributed by atoms with van der Waals surface area (Å²) < 4.78 is 16.5. The molecule has 0 aromatic heterocycles. The highest BCUT2D eigenvalue weighted by molar-refractivity contribution is 7.53. The Kier molecular flexibility index (Phi) is 6.92. The third-order valence-electron chi connectivity index (χ3n) is 4.55. The van der Waals surface area contributed by atoms with E-state index in [1.807, 2.05) is 6.92 Å². The van der Waals surface area contributed by atoms with Crippen LogP contribution in [0, 0.1) is 0 Å². The van der Waals surface area contributed by atoms with Crippen LogP contribution in [-0.2, 0) is 13.9 Å². The Morgan fingerprint density at radius 3 is 2.52 bits per heavy atom. The number of unbranched alkanes of at least 4 members (excludes halogenated alkanes) is 1. The lowest BCUT2D eigenvalue weighted by molar-refractivity contribution is -0.793. The van der Waals surface area contributed by atoms with Crippen molar-refractivity contribution in [1.29, 1.82) is 0 Å². The van der Waals surface area contributed by atoms with Crippen LogP contribution in [0.3, 0.4) is 0 Å². The molecule has 0 bridgehead atoms. The van der Waals surface area contributed by atoms with Gasteiger partial charge >= 0.3 is 19.6 Å². The summed E-state index contributed by atoms with van der Waals surface area (Å²) in [6.45, 7) is 5.10. The number of amides is 2. The molecule has 0 aromatic rings. The lowest BCUT2D eigenvalue weighted by atomic mass is 10.2. The molecule has 2 amide bonds. The van der Waals surface area contributed by atoms with E-state index in [1.165, 1.54) is 6.92 Å². The second kappa shape index (κ2) is 7.85. The first-order valence-electron chi connectivity index (χ1n) is 8.01. The molecule has 0 spiro atoms. The van der Waals surface area contributed by atoms with Gasteiger partial charge in [-0.2, -0.15) is 9.28 Å². The van der Waals surface area contributed by atoms with Crippen molar-refractivity contribution >= 4 is 19.6 Å². The van der Waals surface area contributed by atoms with Crippen molar-refractivity contribution in [3.05, 3.63) is 0 Å². The Morgan fingerprint density at radius 1 is 1.48 bits per heavy atom. The second-order valence-corrected chi connectivity index (χ2v) is 8.23. The molecule has 1 heterocycles. The SMILES string of the molecule is CCCCC(N)P(=O)(O)OC(C)C(=O)[N@+]1(C(=O)O)CCCC1C. The Morgan fingerprint density at radius 2 is 2.09 bits per heavy atom. The molecule has 134 valence electrons. The summed E-state index contributed by atoms with van der Waals surface area (Å²) in [5, 5.41) is 9.52. The van der Waals surface area contributed by atoms with Crippen LogP contribution in [0.1, 0.15) is 52.9 Å². The fourth-order valence-electron chi connectivity index (χ4n) is 3.03. The summed E-state index contributed by atoms with van der Waals surface area (Å²) >= 11 is 0. The van der Waals surface area contributed by atoms with Crippen molar-refractivity contribution in [3.63, 3.8) is 0 Å². The van der Waals surface area contributed by atoms with Gasteiger partial charge in [0.1, 0.15) is 11.8 Å². The number of hydrogen-bond acceptors (Lipinski definition) is 5. The predicted octanol–water partition coefficient (Wildman–Crippen LogP) is 2.26. The average Bonchev–Trinajstić information content (AvgIpc) is 2.85. The van der Waals surface area contributed by atoms with Gasteiger partial charge in [0, 0.05) is 12.8 Å². The molecule has 1 aliphatic heterocycles. The van der Waals surface area contributed by atoms with Crippen LogP contribution < -0.4 is 5.73 Å². The van der Waals surface area contributed by atoms with E-state index >= 15 is 0 Å². The number of likely N-dealkylation sites (tertiary alicyclic amines) is 1. The minimum Gasteiger partial charge on any atom is -0.435 e. The molecule has 0 aliphatic carbocycles. The van der Waals surface area contributed by atoms with Gasteiger partial charge in [0.15, 0.2) is 6.10 Å². The van der Waals surface area contributed by atoms with E-state index in [4.69, 9.17) is 10.3 Å². The zero-order valence-corrected chi connectivity index (χ0v) is 14.9. The van der Waals surface area contributed by atoms with Crippen molar-refractivity contribution in [2.45, 2.75) is 70.8 Å². The predicted molar refractivity (Wildman–Crippen MR) is 84.7 cm³/mol. The van der Waals surface area contributed by atoms with Crippen molar-refractivity contribution in [3.8, 4) is 0 Å². The summed E-state index contributed by atoms with van der Waals surface area (Å²) in [5.74, 6) is -1.79. The van der Waals surface area contributed by atoms with Crippen LogP contribution in [0.2, 0.25) is 0 Å². The quantitative estimate of drug-likeness (QED) is 0.474. The van der Waals surface area contributed by atoms with Gasteiger partial charge in [-0.25, -0.2) is 4.79 Å². The van der Waals surface area contributed by atoms with Gasteiger partial charge in [0.05, 0.1) is 6.54 Å². The molecule has 5 atom stereocenters. The number of carbonyl (C=O) groups is 2. The fourth-order valence-corrected chi connectivity index (χ4v) is 4.24. The number of nitrogens with zero attached hydrogens (tertiary/aromatic N) is 1. The minimum absolute atomic E-state index is 0.167. The summed E-state index contributed by atoms with van der Waals surface area (Å²) in [6, 6.07) is -0.391. The summed E-state index contributed by atoms with van der Waals surface area (Å²) in [6.07, 6.45) is 0.452. The topological polar surface area (TPSA) is 127 Å². The molecular weight excluding hydrogens is 323 g/mol. The zero-order chi connectivity index (χ0) is 17.8. The average molecular weight is 351 g/mol. The molecule has 1 fully saturated rings. The van der Waals surface area contributed by atoms with Gasteiger partial charge in [-0.15, -0.1) is 0 Å². The van der Waals surface area contributed by atoms with E-state index in [9.17, 15) is 24.2 Å². The monoisotopic (exact) mass is 351 g/mol. The van der Waals surface area contributed by atoms with E-state index in [1.54, 1.807) is 6.92 Å². The van der Waals surface area contributed by atoms with Crippen LogP contribution in [0.15, 0.2) is 0 Å². The maximum Gasteiger partial charge on any atom is 0.521 e. The number of imide groups is 1. The highest BCUT2D eigenvalue weighted by Gasteiger charge is 2.55. The number of nitrogens with two attached hydrogens (primary N) is 1. The number of rotatable bonds is 7.